The Bertz CT molecular complexity index is 1290. The second-order valence-electron chi connectivity index (χ2n) is 6.74. The number of hydrogen-bond donors (Lipinski definition) is 1. The number of allylic oxidation sites excluding steroid dienone is 1. The number of nitrogens with one attached hydrogen (secondary N) is 1. The molecule has 0 aliphatic carbocycles. The van der Waals surface area contributed by atoms with E-state index < -0.39 is 0 Å². The molecule has 4 nitrogen and oxygen atoms in total. The lowest BCUT2D eigenvalue weighted by Gasteiger charge is -2.05. The Morgan fingerprint density at radius 2 is 1.79 bits per heavy atom. The molecule has 5 heteroatoms. The van der Waals surface area contributed by atoms with Gasteiger partial charge in [0.2, 0.25) is 5.78 Å². The van der Waals surface area contributed by atoms with E-state index in [1.54, 1.807) is 36.4 Å². The second kappa shape index (κ2) is 6.63. The van der Waals surface area contributed by atoms with E-state index in [-0.39, 0.29) is 17.4 Å². The first-order valence-electron chi connectivity index (χ1n) is 9.13. The Hall–Kier alpha value is -3.86. The Kier molecular flexibility index (Phi) is 3.95. The van der Waals surface area contributed by atoms with Crippen molar-refractivity contribution in [1.29, 1.82) is 0 Å². The molecule has 1 aromatic heterocycles. The van der Waals surface area contributed by atoms with E-state index in [1.165, 1.54) is 19.2 Å². The van der Waals surface area contributed by atoms with E-state index in [1.807, 2.05) is 24.3 Å². The highest BCUT2D eigenvalue weighted by molar-refractivity contribution is 6.16. The second-order valence-corrected chi connectivity index (χ2v) is 6.74. The molecule has 0 fully saturated rings. The van der Waals surface area contributed by atoms with Crippen molar-refractivity contribution in [3.8, 4) is 22.8 Å². The third kappa shape index (κ3) is 2.79. The Balaban J connectivity index is 1.69. The number of carbonyl (C=O) groups excluding carboxylic acids is 1. The van der Waals surface area contributed by atoms with Gasteiger partial charge in [-0.3, -0.25) is 4.79 Å². The molecule has 1 aliphatic rings. The molecule has 2 heterocycles. The van der Waals surface area contributed by atoms with Crippen LogP contribution in [0.3, 0.4) is 0 Å². The zero-order valence-electron chi connectivity index (χ0n) is 15.5. The van der Waals surface area contributed by atoms with Crippen LogP contribution in [0.5, 0.6) is 11.5 Å². The molecule has 0 atom stereocenters. The summed E-state index contributed by atoms with van der Waals surface area (Å²) in [5.74, 6) is 0.653. The number of ketones is 1. The molecule has 0 saturated carbocycles. The number of methoxy groups -OCH3 is 1. The summed E-state index contributed by atoms with van der Waals surface area (Å²) < 4.78 is 24.6. The van der Waals surface area contributed by atoms with Gasteiger partial charge in [0.1, 0.15) is 5.82 Å². The van der Waals surface area contributed by atoms with Crippen molar-refractivity contribution < 1.29 is 18.7 Å². The van der Waals surface area contributed by atoms with Crippen LogP contribution in [0.15, 0.2) is 72.5 Å². The van der Waals surface area contributed by atoms with Gasteiger partial charge in [-0.05, 0) is 54.1 Å². The van der Waals surface area contributed by atoms with Crippen molar-refractivity contribution in [2.45, 2.75) is 0 Å². The van der Waals surface area contributed by atoms with Crippen molar-refractivity contribution in [2.24, 2.45) is 0 Å². The predicted octanol–water partition coefficient (Wildman–Crippen LogP) is 5.60. The van der Waals surface area contributed by atoms with Crippen LogP contribution in [0.25, 0.3) is 28.2 Å². The van der Waals surface area contributed by atoms with Gasteiger partial charge in [0.25, 0.3) is 0 Å². The van der Waals surface area contributed by atoms with Crippen LogP contribution >= 0.6 is 0 Å². The molecule has 0 bridgehead atoms. The largest absolute Gasteiger partial charge is 0.493 e. The van der Waals surface area contributed by atoms with E-state index in [0.29, 0.717) is 17.1 Å². The molecule has 5 rings (SSSR count). The van der Waals surface area contributed by atoms with Crippen molar-refractivity contribution in [3.05, 3.63) is 89.4 Å². The van der Waals surface area contributed by atoms with Gasteiger partial charge in [-0.25, -0.2) is 4.39 Å². The fourth-order valence-corrected chi connectivity index (χ4v) is 3.63. The first kappa shape index (κ1) is 17.3. The lowest BCUT2D eigenvalue weighted by Crippen LogP contribution is -1.98. The Labute approximate surface area is 166 Å². The number of fused-ring (bicyclic) bond motifs is 2. The quantitative estimate of drug-likeness (QED) is 0.467. The van der Waals surface area contributed by atoms with E-state index in [9.17, 15) is 9.18 Å². The minimum Gasteiger partial charge on any atom is -0.493 e. The van der Waals surface area contributed by atoms with Crippen molar-refractivity contribution in [2.75, 3.05) is 7.11 Å². The van der Waals surface area contributed by atoms with Gasteiger partial charge in [-0.2, -0.15) is 0 Å². The maximum absolute atomic E-state index is 13.4. The number of carbonyl (C=O) groups is 1. The normalized spacial score (nSPS) is 14.3. The molecule has 0 saturated heterocycles. The zero-order valence-corrected chi connectivity index (χ0v) is 15.5. The fourth-order valence-electron chi connectivity index (χ4n) is 3.63. The van der Waals surface area contributed by atoms with Gasteiger partial charge in [0.15, 0.2) is 17.3 Å². The highest BCUT2D eigenvalue weighted by atomic mass is 19.1. The van der Waals surface area contributed by atoms with Gasteiger partial charge >= 0.3 is 0 Å². The van der Waals surface area contributed by atoms with Gasteiger partial charge in [-0.1, -0.05) is 24.3 Å². The molecule has 4 aromatic rings. The predicted molar refractivity (Wildman–Crippen MR) is 110 cm³/mol. The maximum atomic E-state index is 13.4. The summed E-state index contributed by atoms with van der Waals surface area (Å²) in [4.78, 5) is 16.3. The molecule has 1 aliphatic heterocycles. The molecule has 0 spiro atoms. The van der Waals surface area contributed by atoms with Gasteiger partial charge < -0.3 is 14.5 Å². The van der Waals surface area contributed by atoms with Crippen LogP contribution in [-0.4, -0.2) is 17.9 Å². The first-order valence-corrected chi connectivity index (χ1v) is 9.13. The minimum atomic E-state index is -0.304. The Morgan fingerprint density at radius 3 is 2.59 bits per heavy atom. The minimum absolute atomic E-state index is 0.200. The number of aromatic nitrogens is 1. The number of H-pyrrole nitrogens is 1. The molecular formula is C24H16FNO3. The number of rotatable bonds is 3. The van der Waals surface area contributed by atoms with Crippen molar-refractivity contribution in [1.82, 2.24) is 4.98 Å². The molecular weight excluding hydrogens is 369 g/mol. The van der Waals surface area contributed by atoms with Crippen LogP contribution in [0.4, 0.5) is 4.39 Å². The number of benzene rings is 3. The summed E-state index contributed by atoms with van der Waals surface area (Å²) in [5.41, 5.74) is 3.80. The molecule has 0 radical (unpaired) electrons. The summed E-state index contributed by atoms with van der Waals surface area (Å²) in [7, 11) is 1.54. The Morgan fingerprint density at radius 1 is 1.00 bits per heavy atom. The van der Waals surface area contributed by atoms with Crippen LogP contribution in [0.1, 0.15) is 15.9 Å². The fraction of sp³-hybridized carbons (Fsp3) is 0.0417. The number of aromatic amines is 1. The standard InChI is InChI=1S/C24H16FNO3/c1-28-20-8-4-6-17-23(27)21(29-24(17)20)13-18-16-5-2-3-7-19(16)26-22(18)14-9-11-15(25)12-10-14/h2-13,26H,1H3. The van der Waals surface area contributed by atoms with Crippen molar-refractivity contribution >= 4 is 22.8 Å². The average molecular weight is 385 g/mol. The van der Waals surface area contributed by atoms with Crippen LogP contribution in [0, 0.1) is 5.82 Å². The maximum Gasteiger partial charge on any atom is 0.232 e. The first-order chi connectivity index (χ1) is 14.2. The summed E-state index contributed by atoms with van der Waals surface area (Å²) in [6, 6.07) is 19.3. The number of para-hydroxylation sites is 2. The lowest BCUT2D eigenvalue weighted by molar-refractivity contribution is 0.101. The highest BCUT2D eigenvalue weighted by Crippen LogP contribution is 2.41. The highest BCUT2D eigenvalue weighted by Gasteiger charge is 2.30. The van der Waals surface area contributed by atoms with Gasteiger partial charge in [0.05, 0.1) is 18.4 Å². The van der Waals surface area contributed by atoms with E-state index in [2.05, 4.69) is 4.98 Å². The third-order valence-corrected chi connectivity index (χ3v) is 5.03. The number of Topliss-reactive ketones (excluding diaryl/α,β-unsaturated/α-hetero) is 1. The average Bonchev–Trinajstić information content (AvgIpc) is 3.27. The lowest BCUT2D eigenvalue weighted by atomic mass is 10.0. The molecule has 1 N–H and O–H groups in total. The topological polar surface area (TPSA) is 51.3 Å². The third-order valence-electron chi connectivity index (χ3n) is 5.03. The SMILES string of the molecule is COc1cccc2c1OC(=Cc1c(-c3ccc(F)cc3)[nH]c3ccccc13)C2=O. The molecule has 142 valence electrons. The van der Waals surface area contributed by atoms with Crippen LogP contribution < -0.4 is 9.47 Å². The van der Waals surface area contributed by atoms with E-state index >= 15 is 0 Å². The summed E-state index contributed by atoms with van der Waals surface area (Å²) in [5, 5.41) is 0.943. The number of halogens is 1. The van der Waals surface area contributed by atoms with E-state index in [0.717, 1.165) is 27.7 Å². The summed E-state index contributed by atoms with van der Waals surface area (Å²) in [6.45, 7) is 0. The molecule has 29 heavy (non-hydrogen) atoms. The molecule has 0 unspecified atom stereocenters. The molecule has 3 aromatic carbocycles. The number of hydrogen-bond acceptors (Lipinski definition) is 3. The summed E-state index contributed by atoms with van der Waals surface area (Å²) >= 11 is 0. The number of ether oxygens (including phenoxy) is 2. The van der Waals surface area contributed by atoms with Crippen molar-refractivity contribution in [3.63, 3.8) is 0 Å². The smallest absolute Gasteiger partial charge is 0.232 e. The van der Waals surface area contributed by atoms with E-state index in [4.69, 9.17) is 9.47 Å². The van der Waals surface area contributed by atoms with Crippen LogP contribution in [-0.2, 0) is 0 Å². The monoisotopic (exact) mass is 385 g/mol. The van der Waals surface area contributed by atoms with Gasteiger partial charge in [0, 0.05) is 16.5 Å². The summed E-state index contributed by atoms with van der Waals surface area (Å²) in [6.07, 6.45) is 1.74. The van der Waals surface area contributed by atoms with Crippen LogP contribution in [0.2, 0.25) is 0 Å². The zero-order chi connectivity index (χ0) is 20.0. The molecule has 0 amide bonds. The van der Waals surface area contributed by atoms with Gasteiger partial charge in [-0.15, -0.1) is 0 Å².